The van der Waals surface area contributed by atoms with Crippen molar-refractivity contribution >= 4 is 5.91 Å². The second-order valence-corrected chi connectivity index (χ2v) is 3.71. The summed E-state index contributed by atoms with van der Waals surface area (Å²) >= 11 is 0. The van der Waals surface area contributed by atoms with E-state index in [-0.39, 0.29) is 18.8 Å². The molecule has 0 fully saturated rings. The summed E-state index contributed by atoms with van der Waals surface area (Å²) < 4.78 is 41.2. The largest absolute Gasteiger partial charge is 0.411 e. The second kappa shape index (κ2) is 7.10. The highest BCUT2D eigenvalue weighted by Gasteiger charge is 2.27. The number of amides is 1. The molecule has 0 radical (unpaired) electrons. The normalized spacial score (nSPS) is 11.6. The number of carbonyl (C=O) groups excluding carboxylic acids is 1. The van der Waals surface area contributed by atoms with Gasteiger partial charge in [0.25, 0.3) is 5.91 Å². The van der Waals surface area contributed by atoms with Crippen LogP contribution in [0.5, 0.6) is 0 Å². The predicted molar refractivity (Wildman–Crippen MR) is 60.5 cm³/mol. The Bertz CT molecular complexity index is 406. The van der Waals surface area contributed by atoms with Gasteiger partial charge in [-0.1, -0.05) is 0 Å². The van der Waals surface area contributed by atoms with Gasteiger partial charge in [0, 0.05) is 25.8 Å². The molecular formula is C10H15F3N4O2. The Morgan fingerprint density at radius 2 is 2.26 bits per heavy atom. The third-order valence-electron chi connectivity index (χ3n) is 2.05. The molecule has 0 bridgehead atoms. The Balaban J connectivity index is 2.23. The van der Waals surface area contributed by atoms with Crippen molar-refractivity contribution in [1.82, 2.24) is 14.9 Å². The average Bonchev–Trinajstić information content (AvgIpc) is 2.76. The van der Waals surface area contributed by atoms with Crippen LogP contribution in [-0.4, -0.2) is 47.9 Å². The van der Waals surface area contributed by atoms with Crippen LogP contribution in [0.25, 0.3) is 0 Å². The zero-order valence-corrected chi connectivity index (χ0v) is 10.1. The first kappa shape index (κ1) is 15.4. The second-order valence-electron chi connectivity index (χ2n) is 3.71. The van der Waals surface area contributed by atoms with Crippen LogP contribution < -0.4 is 11.1 Å². The highest BCUT2D eigenvalue weighted by Crippen LogP contribution is 2.13. The highest BCUT2D eigenvalue weighted by molar-refractivity contribution is 5.91. The molecule has 9 heteroatoms. The van der Waals surface area contributed by atoms with Crippen LogP contribution in [0.15, 0.2) is 12.5 Å². The third-order valence-corrected chi connectivity index (χ3v) is 2.05. The molecule has 3 N–H and O–H groups in total. The lowest BCUT2D eigenvalue weighted by Crippen LogP contribution is -2.29. The van der Waals surface area contributed by atoms with E-state index in [0.29, 0.717) is 13.1 Å². The molecule has 0 atom stereocenters. The van der Waals surface area contributed by atoms with Crippen LogP contribution in [0.3, 0.4) is 0 Å². The molecular weight excluding hydrogens is 265 g/mol. The van der Waals surface area contributed by atoms with E-state index in [0.717, 1.165) is 0 Å². The van der Waals surface area contributed by atoms with Crippen LogP contribution in [0.2, 0.25) is 0 Å². The zero-order valence-electron chi connectivity index (χ0n) is 10.1. The molecule has 0 aliphatic heterocycles. The number of hydrogen-bond donors (Lipinski definition) is 2. The van der Waals surface area contributed by atoms with E-state index in [2.05, 4.69) is 15.0 Å². The zero-order chi connectivity index (χ0) is 14.3. The molecule has 19 heavy (non-hydrogen) atoms. The van der Waals surface area contributed by atoms with Crippen molar-refractivity contribution in [2.24, 2.45) is 5.73 Å². The number of nitrogens with one attached hydrogen (secondary N) is 1. The van der Waals surface area contributed by atoms with Crippen molar-refractivity contribution in [1.29, 1.82) is 0 Å². The third kappa shape index (κ3) is 6.20. The number of rotatable bonds is 7. The Hall–Kier alpha value is -1.61. The van der Waals surface area contributed by atoms with E-state index in [9.17, 15) is 18.0 Å². The van der Waals surface area contributed by atoms with Crippen molar-refractivity contribution in [3.63, 3.8) is 0 Å². The summed E-state index contributed by atoms with van der Waals surface area (Å²) in [6.07, 6.45) is -1.38. The molecule has 1 amide bonds. The number of ether oxygens (including phenoxy) is 1. The molecule has 108 valence electrons. The van der Waals surface area contributed by atoms with Crippen LogP contribution in [-0.2, 0) is 11.3 Å². The van der Waals surface area contributed by atoms with Crippen LogP contribution >= 0.6 is 0 Å². The van der Waals surface area contributed by atoms with Gasteiger partial charge in [-0.05, 0) is 0 Å². The lowest BCUT2D eigenvalue weighted by Gasteiger charge is -2.07. The fourth-order valence-electron chi connectivity index (χ4n) is 1.26. The number of imidazole rings is 1. The minimum Gasteiger partial charge on any atom is -0.370 e. The molecule has 0 unspecified atom stereocenters. The molecule has 1 aromatic rings. The lowest BCUT2D eigenvalue weighted by atomic mass is 10.4. The first-order valence-corrected chi connectivity index (χ1v) is 5.57. The number of halogens is 3. The van der Waals surface area contributed by atoms with Gasteiger partial charge in [0.05, 0.1) is 12.9 Å². The van der Waals surface area contributed by atoms with Gasteiger partial charge in [-0.2, -0.15) is 13.2 Å². The molecule has 1 heterocycles. The van der Waals surface area contributed by atoms with Crippen molar-refractivity contribution in [2.75, 3.05) is 26.3 Å². The van der Waals surface area contributed by atoms with Gasteiger partial charge in [0.1, 0.15) is 12.3 Å². The summed E-state index contributed by atoms with van der Waals surface area (Å²) in [6, 6.07) is 0. The molecule has 0 aromatic carbocycles. The van der Waals surface area contributed by atoms with Gasteiger partial charge >= 0.3 is 6.18 Å². The molecule has 0 saturated carbocycles. The average molecular weight is 280 g/mol. The summed E-state index contributed by atoms with van der Waals surface area (Å²) in [6.45, 7) is -0.598. The summed E-state index contributed by atoms with van der Waals surface area (Å²) in [5.74, 6) is -0.466. The van der Waals surface area contributed by atoms with Gasteiger partial charge in [0.2, 0.25) is 0 Å². The number of alkyl halides is 3. The topological polar surface area (TPSA) is 82.2 Å². The lowest BCUT2D eigenvalue weighted by molar-refractivity contribution is -0.173. The Kier molecular flexibility index (Phi) is 5.77. The van der Waals surface area contributed by atoms with Gasteiger partial charge in [-0.25, -0.2) is 4.98 Å². The predicted octanol–water partition coefficient (Wildman–Crippen LogP) is 0.150. The highest BCUT2D eigenvalue weighted by atomic mass is 19.4. The van der Waals surface area contributed by atoms with E-state index < -0.39 is 18.7 Å². The fourth-order valence-corrected chi connectivity index (χ4v) is 1.26. The van der Waals surface area contributed by atoms with Crippen molar-refractivity contribution < 1.29 is 22.7 Å². The van der Waals surface area contributed by atoms with Crippen molar-refractivity contribution in [3.8, 4) is 0 Å². The van der Waals surface area contributed by atoms with E-state index in [4.69, 9.17) is 5.73 Å². The first-order chi connectivity index (χ1) is 8.92. The molecule has 0 spiro atoms. The Labute approximate surface area is 107 Å². The van der Waals surface area contributed by atoms with E-state index >= 15 is 0 Å². The Morgan fingerprint density at radius 3 is 2.89 bits per heavy atom. The molecule has 1 rings (SSSR count). The Morgan fingerprint density at radius 1 is 1.53 bits per heavy atom. The van der Waals surface area contributed by atoms with Crippen LogP contribution in [0.1, 0.15) is 10.5 Å². The number of hydrogen-bond acceptors (Lipinski definition) is 4. The number of aromatic nitrogens is 2. The van der Waals surface area contributed by atoms with E-state index in [1.807, 2.05) is 0 Å². The van der Waals surface area contributed by atoms with E-state index in [1.54, 1.807) is 4.57 Å². The first-order valence-electron chi connectivity index (χ1n) is 5.57. The van der Waals surface area contributed by atoms with Gasteiger partial charge in [-0.15, -0.1) is 0 Å². The minimum atomic E-state index is -4.36. The minimum absolute atomic E-state index is 0.0152. The molecule has 0 aliphatic rings. The van der Waals surface area contributed by atoms with Crippen LogP contribution in [0, 0.1) is 0 Å². The number of nitrogens with two attached hydrogens (primary N) is 1. The van der Waals surface area contributed by atoms with E-state index in [1.165, 1.54) is 12.5 Å². The summed E-state index contributed by atoms with van der Waals surface area (Å²) in [7, 11) is 0. The fraction of sp³-hybridized carbons (Fsp3) is 0.600. The molecule has 6 nitrogen and oxygen atoms in total. The molecule has 1 aromatic heterocycles. The maximum Gasteiger partial charge on any atom is 0.411 e. The standard InChI is InChI=1S/C10H15F3N4O2/c11-10(12,13)6-19-4-2-15-9(18)8-5-17(3-1-14)7-16-8/h5,7H,1-4,6,14H2,(H,15,18). The summed E-state index contributed by atoms with van der Waals surface area (Å²) in [5, 5.41) is 2.40. The molecule has 0 aliphatic carbocycles. The van der Waals surface area contributed by atoms with Gasteiger partial charge < -0.3 is 20.4 Å². The SMILES string of the molecule is NCCn1cnc(C(=O)NCCOCC(F)(F)F)c1. The maximum atomic E-state index is 11.7. The van der Waals surface area contributed by atoms with Gasteiger partial charge in [0.15, 0.2) is 0 Å². The maximum absolute atomic E-state index is 11.7. The number of carbonyl (C=O) groups is 1. The van der Waals surface area contributed by atoms with Crippen molar-refractivity contribution in [3.05, 3.63) is 18.2 Å². The summed E-state index contributed by atoms with van der Waals surface area (Å²) in [5.41, 5.74) is 5.52. The molecule has 0 saturated heterocycles. The van der Waals surface area contributed by atoms with Crippen LogP contribution in [0.4, 0.5) is 13.2 Å². The smallest absolute Gasteiger partial charge is 0.370 e. The quantitative estimate of drug-likeness (QED) is 0.697. The number of nitrogens with zero attached hydrogens (tertiary/aromatic N) is 2. The monoisotopic (exact) mass is 280 g/mol. The van der Waals surface area contributed by atoms with Crippen molar-refractivity contribution in [2.45, 2.75) is 12.7 Å². The summed E-state index contributed by atoms with van der Waals surface area (Å²) in [4.78, 5) is 15.4. The van der Waals surface area contributed by atoms with Gasteiger partial charge in [-0.3, -0.25) is 4.79 Å².